The van der Waals surface area contributed by atoms with Crippen LogP contribution in [0.4, 0.5) is 8.78 Å². The summed E-state index contributed by atoms with van der Waals surface area (Å²) in [7, 11) is 0. The van der Waals surface area contributed by atoms with E-state index in [1.807, 2.05) is 6.92 Å². The zero-order chi connectivity index (χ0) is 11.4. The van der Waals surface area contributed by atoms with Crippen LogP contribution in [0.25, 0.3) is 0 Å². The zero-order valence-corrected chi connectivity index (χ0v) is 8.58. The average molecular weight is 215 g/mol. The Hall–Kier alpha value is -1.00. The lowest BCUT2D eigenvalue weighted by Gasteiger charge is -2.19. The quantitative estimate of drug-likeness (QED) is 0.808. The van der Waals surface area contributed by atoms with E-state index in [0.717, 1.165) is 12.5 Å². The number of hydrogen-bond donors (Lipinski definition) is 2. The zero-order valence-electron chi connectivity index (χ0n) is 8.58. The summed E-state index contributed by atoms with van der Waals surface area (Å²) in [5.74, 6) is -1.91. The van der Waals surface area contributed by atoms with Gasteiger partial charge < -0.3 is 10.8 Å². The van der Waals surface area contributed by atoms with Crippen LogP contribution < -0.4 is 5.73 Å². The van der Waals surface area contributed by atoms with E-state index < -0.39 is 23.8 Å². The standard InChI is InChI=1S/C11H15F2NO/c1-2-4-9(15)11(14)7-5-3-6-8(12)10(7)13/h3,5-6,9,11,15H,2,4,14H2,1H3/t9-,11+/m0/s1. The molecule has 84 valence electrons. The number of nitrogens with two attached hydrogens (primary N) is 1. The fourth-order valence-electron chi connectivity index (χ4n) is 1.46. The summed E-state index contributed by atoms with van der Waals surface area (Å²) < 4.78 is 26.2. The number of halogens is 2. The minimum Gasteiger partial charge on any atom is -0.391 e. The largest absolute Gasteiger partial charge is 0.391 e. The minimum absolute atomic E-state index is 0.0240. The summed E-state index contributed by atoms with van der Waals surface area (Å²) >= 11 is 0. The van der Waals surface area contributed by atoms with Crippen molar-refractivity contribution < 1.29 is 13.9 Å². The van der Waals surface area contributed by atoms with Gasteiger partial charge in [-0.25, -0.2) is 8.78 Å². The molecule has 15 heavy (non-hydrogen) atoms. The first-order valence-corrected chi connectivity index (χ1v) is 4.95. The van der Waals surface area contributed by atoms with Crippen molar-refractivity contribution in [3.8, 4) is 0 Å². The van der Waals surface area contributed by atoms with Crippen molar-refractivity contribution in [3.05, 3.63) is 35.4 Å². The molecule has 2 atom stereocenters. The fraction of sp³-hybridized carbons (Fsp3) is 0.455. The first-order valence-electron chi connectivity index (χ1n) is 4.95. The lowest BCUT2D eigenvalue weighted by Crippen LogP contribution is -2.27. The van der Waals surface area contributed by atoms with E-state index in [0.29, 0.717) is 6.42 Å². The van der Waals surface area contributed by atoms with Crippen molar-refractivity contribution in [1.82, 2.24) is 0 Å². The van der Waals surface area contributed by atoms with Gasteiger partial charge in [0.2, 0.25) is 0 Å². The lowest BCUT2D eigenvalue weighted by molar-refractivity contribution is 0.132. The third-order valence-electron chi connectivity index (χ3n) is 2.34. The predicted octanol–water partition coefficient (Wildman–Crippen LogP) is 2.13. The Morgan fingerprint density at radius 2 is 2.07 bits per heavy atom. The summed E-state index contributed by atoms with van der Waals surface area (Å²) in [5.41, 5.74) is 5.66. The molecule has 1 rings (SSSR count). The van der Waals surface area contributed by atoms with E-state index in [9.17, 15) is 13.9 Å². The average Bonchev–Trinajstić information content (AvgIpc) is 2.21. The van der Waals surface area contributed by atoms with E-state index in [4.69, 9.17) is 5.73 Å². The highest BCUT2D eigenvalue weighted by Crippen LogP contribution is 2.21. The third kappa shape index (κ3) is 2.73. The van der Waals surface area contributed by atoms with E-state index in [-0.39, 0.29) is 5.56 Å². The van der Waals surface area contributed by atoms with Gasteiger partial charge in [-0.05, 0) is 12.5 Å². The van der Waals surface area contributed by atoms with Crippen molar-refractivity contribution in [1.29, 1.82) is 0 Å². The van der Waals surface area contributed by atoms with Gasteiger partial charge in [-0.1, -0.05) is 25.5 Å². The maximum absolute atomic E-state index is 13.3. The minimum atomic E-state index is -0.972. The molecular formula is C11H15F2NO. The summed E-state index contributed by atoms with van der Waals surface area (Å²) in [6, 6.07) is 2.92. The topological polar surface area (TPSA) is 46.2 Å². The Kier molecular flexibility index (Phi) is 4.17. The first kappa shape index (κ1) is 12.1. The van der Waals surface area contributed by atoms with Crippen LogP contribution in [0.3, 0.4) is 0 Å². The van der Waals surface area contributed by atoms with Crippen LogP contribution in [0.5, 0.6) is 0 Å². The van der Waals surface area contributed by atoms with Gasteiger partial charge in [-0.3, -0.25) is 0 Å². The van der Waals surface area contributed by atoms with Crippen molar-refractivity contribution in [2.24, 2.45) is 5.73 Å². The van der Waals surface area contributed by atoms with Gasteiger partial charge in [-0.2, -0.15) is 0 Å². The highest BCUT2D eigenvalue weighted by molar-refractivity contribution is 5.23. The van der Waals surface area contributed by atoms with Gasteiger partial charge in [0, 0.05) is 5.56 Å². The highest BCUT2D eigenvalue weighted by Gasteiger charge is 2.20. The summed E-state index contributed by atoms with van der Waals surface area (Å²) in [6.07, 6.45) is 0.370. The molecule has 0 unspecified atom stereocenters. The second kappa shape index (κ2) is 5.19. The molecular weight excluding hydrogens is 200 g/mol. The molecule has 4 heteroatoms. The van der Waals surface area contributed by atoms with Gasteiger partial charge in [0.15, 0.2) is 11.6 Å². The normalized spacial score (nSPS) is 15.0. The maximum atomic E-state index is 13.3. The van der Waals surface area contributed by atoms with Crippen LogP contribution in [0.2, 0.25) is 0 Å². The molecule has 0 radical (unpaired) electrons. The third-order valence-corrected chi connectivity index (χ3v) is 2.34. The molecule has 0 aliphatic carbocycles. The molecule has 1 aromatic carbocycles. The number of aliphatic hydroxyl groups excluding tert-OH is 1. The van der Waals surface area contributed by atoms with E-state index in [1.165, 1.54) is 12.1 Å². The SMILES string of the molecule is CCC[C@H](O)[C@H](N)c1cccc(F)c1F. The summed E-state index contributed by atoms with van der Waals surface area (Å²) in [6.45, 7) is 1.89. The molecule has 0 amide bonds. The Morgan fingerprint density at radius 1 is 1.40 bits per heavy atom. The number of hydrogen-bond acceptors (Lipinski definition) is 2. The van der Waals surface area contributed by atoms with Gasteiger partial charge in [0.25, 0.3) is 0 Å². The summed E-state index contributed by atoms with van der Waals surface area (Å²) in [5, 5.41) is 9.57. The fourth-order valence-corrected chi connectivity index (χ4v) is 1.46. The number of rotatable bonds is 4. The maximum Gasteiger partial charge on any atom is 0.163 e. The van der Waals surface area contributed by atoms with E-state index in [2.05, 4.69) is 0 Å². The van der Waals surface area contributed by atoms with E-state index in [1.54, 1.807) is 0 Å². The van der Waals surface area contributed by atoms with Gasteiger partial charge >= 0.3 is 0 Å². The smallest absolute Gasteiger partial charge is 0.163 e. The molecule has 0 saturated carbocycles. The molecule has 0 fully saturated rings. The van der Waals surface area contributed by atoms with Crippen molar-refractivity contribution in [2.45, 2.75) is 31.9 Å². The number of aliphatic hydroxyl groups is 1. The highest BCUT2D eigenvalue weighted by atomic mass is 19.2. The molecule has 0 bridgehead atoms. The molecule has 1 aromatic rings. The first-order chi connectivity index (χ1) is 7.07. The van der Waals surface area contributed by atoms with Crippen LogP contribution in [-0.2, 0) is 0 Å². The Bertz CT molecular complexity index is 330. The Labute approximate surface area is 87.7 Å². The van der Waals surface area contributed by atoms with Crippen LogP contribution in [0.15, 0.2) is 18.2 Å². The summed E-state index contributed by atoms with van der Waals surface area (Å²) in [4.78, 5) is 0. The van der Waals surface area contributed by atoms with Crippen LogP contribution in [0, 0.1) is 11.6 Å². The van der Waals surface area contributed by atoms with Gasteiger partial charge in [0.05, 0.1) is 12.1 Å². The van der Waals surface area contributed by atoms with Crippen LogP contribution in [-0.4, -0.2) is 11.2 Å². The van der Waals surface area contributed by atoms with E-state index >= 15 is 0 Å². The van der Waals surface area contributed by atoms with Crippen molar-refractivity contribution in [2.75, 3.05) is 0 Å². The second-order valence-electron chi connectivity index (χ2n) is 3.52. The molecule has 0 aliphatic heterocycles. The second-order valence-corrected chi connectivity index (χ2v) is 3.52. The molecule has 0 aromatic heterocycles. The molecule has 0 saturated heterocycles. The van der Waals surface area contributed by atoms with Gasteiger partial charge in [0.1, 0.15) is 0 Å². The van der Waals surface area contributed by atoms with Crippen molar-refractivity contribution in [3.63, 3.8) is 0 Å². The van der Waals surface area contributed by atoms with Crippen LogP contribution in [0.1, 0.15) is 31.4 Å². The molecule has 3 N–H and O–H groups in total. The number of benzene rings is 1. The molecule has 0 heterocycles. The van der Waals surface area contributed by atoms with Gasteiger partial charge in [-0.15, -0.1) is 0 Å². The Balaban J connectivity index is 2.90. The predicted molar refractivity (Wildman–Crippen MR) is 54.2 cm³/mol. The monoisotopic (exact) mass is 215 g/mol. The van der Waals surface area contributed by atoms with Crippen molar-refractivity contribution >= 4 is 0 Å². The Morgan fingerprint density at radius 3 is 2.67 bits per heavy atom. The molecule has 0 spiro atoms. The van der Waals surface area contributed by atoms with Crippen LogP contribution >= 0.6 is 0 Å². The lowest BCUT2D eigenvalue weighted by atomic mass is 9.98. The molecule has 2 nitrogen and oxygen atoms in total. The molecule has 0 aliphatic rings.